The van der Waals surface area contributed by atoms with E-state index in [1.165, 1.54) is 12.4 Å². The second-order valence-electron chi connectivity index (χ2n) is 6.53. The quantitative estimate of drug-likeness (QED) is 0.519. The van der Waals surface area contributed by atoms with Crippen LogP contribution in [0, 0.1) is 5.82 Å². The summed E-state index contributed by atoms with van der Waals surface area (Å²) < 4.78 is 21.2. The third kappa shape index (κ3) is 4.57. The normalized spacial score (nSPS) is 10.8. The van der Waals surface area contributed by atoms with Crippen LogP contribution in [0.15, 0.2) is 77.7 Å². The van der Waals surface area contributed by atoms with Crippen LogP contribution in [0.2, 0.25) is 0 Å². The first-order chi connectivity index (χ1) is 14.2. The van der Waals surface area contributed by atoms with Crippen LogP contribution < -0.4 is 5.32 Å². The highest BCUT2D eigenvalue weighted by Gasteiger charge is 2.10. The molecule has 0 unspecified atom stereocenters. The fourth-order valence-electron chi connectivity index (χ4n) is 2.95. The monoisotopic (exact) mass is 390 g/mol. The maximum Gasteiger partial charge on any atom is 0.220 e. The first-order valence-electron chi connectivity index (χ1n) is 9.23. The molecule has 0 saturated heterocycles. The van der Waals surface area contributed by atoms with Crippen LogP contribution in [-0.4, -0.2) is 20.7 Å². The number of halogens is 1. The molecule has 4 rings (SSSR count). The Morgan fingerprint density at radius 1 is 1.07 bits per heavy atom. The number of carbonyl (C=O) groups excluding carboxylic acids is 1. The van der Waals surface area contributed by atoms with Gasteiger partial charge >= 0.3 is 0 Å². The van der Waals surface area contributed by atoms with Crippen LogP contribution in [-0.2, 0) is 17.8 Å². The fourth-order valence-corrected chi connectivity index (χ4v) is 2.95. The minimum atomic E-state index is -0.332. The third-order valence-electron chi connectivity index (χ3n) is 4.51. The predicted octanol–water partition coefficient (Wildman–Crippen LogP) is 3.92. The first-order valence-corrected chi connectivity index (χ1v) is 9.23. The Bertz CT molecular complexity index is 1090. The summed E-state index contributed by atoms with van der Waals surface area (Å²) in [5.74, 6) is 0.705. The fraction of sp³-hybridized carbons (Fsp3) is 0.136. The summed E-state index contributed by atoms with van der Waals surface area (Å²) in [6.45, 7) is 0.440. The van der Waals surface area contributed by atoms with Gasteiger partial charge < -0.3 is 9.73 Å². The number of amides is 1. The van der Waals surface area contributed by atoms with Gasteiger partial charge in [-0.25, -0.2) is 14.1 Å². The number of nitrogens with zero attached hydrogens (tertiary/aromatic N) is 3. The summed E-state index contributed by atoms with van der Waals surface area (Å²) in [7, 11) is 0. The molecule has 0 aliphatic carbocycles. The number of hydrogen-bond acceptors (Lipinski definition) is 4. The minimum absolute atomic E-state index is 0.0748. The van der Waals surface area contributed by atoms with Gasteiger partial charge in [-0.1, -0.05) is 24.3 Å². The molecule has 146 valence electrons. The van der Waals surface area contributed by atoms with Crippen molar-refractivity contribution >= 4 is 5.91 Å². The number of furan rings is 1. The van der Waals surface area contributed by atoms with E-state index in [1.807, 2.05) is 24.3 Å². The highest BCUT2D eigenvalue weighted by molar-refractivity contribution is 5.76. The van der Waals surface area contributed by atoms with E-state index in [2.05, 4.69) is 15.4 Å². The van der Waals surface area contributed by atoms with E-state index < -0.39 is 0 Å². The number of carbonyl (C=O) groups is 1. The first kappa shape index (κ1) is 18.6. The van der Waals surface area contributed by atoms with Crippen LogP contribution in [0.3, 0.4) is 0 Å². The van der Waals surface area contributed by atoms with Gasteiger partial charge in [0.15, 0.2) is 0 Å². The summed E-state index contributed by atoms with van der Waals surface area (Å²) in [5, 5.41) is 6.97. The van der Waals surface area contributed by atoms with Gasteiger partial charge in [0.25, 0.3) is 0 Å². The zero-order chi connectivity index (χ0) is 20.1. The molecule has 0 spiro atoms. The van der Waals surface area contributed by atoms with E-state index in [9.17, 15) is 9.18 Å². The topological polar surface area (TPSA) is 73.0 Å². The Morgan fingerprint density at radius 2 is 1.90 bits per heavy atom. The molecule has 29 heavy (non-hydrogen) atoms. The lowest BCUT2D eigenvalue weighted by Crippen LogP contribution is -2.22. The van der Waals surface area contributed by atoms with Crippen LogP contribution in [0.4, 0.5) is 4.39 Å². The smallest absolute Gasteiger partial charge is 0.220 e. The van der Waals surface area contributed by atoms with Crippen LogP contribution in [0.25, 0.3) is 17.0 Å². The summed E-state index contributed by atoms with van der Waals surface area (Å²) >= 11 is 0. The molecule has 0 saturated carbocycles. The number of aromatic nitrogens is 3. The number of nitrogens with one attached hydrogen (secondary N) is 1. The Kier molecular flexibility index (Phi) is 5.47. The summed E-state index contributed by atoms with van der Waals surface area (Å²) in [5.41, 5.74) is 2.31. The molecule has 0 radical (unpaired) electrons. The van der Waals surface area contributed by atoms with E-state index in [1.54, 1.807) is 41.3 Å². The Hall–Kier alpha value is -3.74. The summed E-state index contributed by atoms with van der Waals surface area (Å²) in [6, 6.07) is 17.7. The molecule has 2 aromatic heterocycles. The molecule has 2 heterocycles. The van der Waals surface area contributed by atoms with Crippen molar-refractivity contribution in [3.63, 3.8) is 0 Å². The third-order valence-corrected chi connectivity index (χ3v) is 4.51. The molecule has 0 atom stereocenters. The molecular formula is C22H19FN4O2. The van der Waals surface area contributed by atoms with Crippen molar-refractivity contribution in [3.05, 3.63) is 90.5 Å². The van der Waals surface area contributed by atoms with Crippen LogP contribution in [0.5, 0.6) is 0 Å². The zero-order valence-corrected chi connectivity index (χ0v) is 15.6. The second kappa shape index (κ2) is 8.52. The number of hydrogen-bond donors (Lipinski definition) is 1. The Balaban J connectivity index is 1.27. The molecule has 1 amide bonds. The van der Waals surface area contributed by atoms with Crippen molar-refractivity contribution in [1.82, 2.24) is 20.1 Å². The van der Waals surface area contributed by atoms with Gasteiger partial charge in [0.05, 0.1) is 11.3 Å². The lowest BCUT2D eigenvalue weighted by Gasteiger charge is -2.06. The summed E-state index contributed by atoms with van der Waals surface area (Å²) in [4.78, 5) is 16.1. The van der Waals surface area contributed by atoms with Gasteiger partial charge in [0.2, 0.25) is 5.91 Å². The lowest BCUT2D eigenvalue weighted by molar-refractivity contribution is -0.121. The zero-order valence-electron chi connectivity index (χ0n) is 15.6. The molecule has 1 N–H and O–H groups in total. The van der Waals surface area contributed by atoms with Gasteiger partial charge in [-0.2, -0.15) is 5.10 Å². The van der Waals surface area contributed by atoms with Crippen LogP contribution in [0.1, 0.15) is 17.7 Å². The number of benzene rings is 2. The minimum Gasteiger partial charge on any atom is -0.461 e. The van der Waals surface area contributed by atoms with Gasteiger partial charge in [0, 0.05) is 19.4 Å². The molecule has 0 bridgehead atoms. The molecule has 0 aliphatic heterocycles. The van der Waals surface area contributed by atoms with Gasteiger partial charge in [-0.05, 0) is 42.0 Å². The molecular weight excluding hydrogens is 371 g/mol. The SMILES string of the molecule is O=C(CCc1ccc(-c2ccccc2F)o1)NCc1ccc(-n2cncn2)cc1. The van der Waals surface area contributed by atoms with Gasteiger partial charge in [-0.15, -0.1) is 0 Å². The maximum absolute atomic E-state index is 13.8. The molecule has 7 heteroatoms. The molecule has 0 fully saturated rings. The van der Waals surface area contributed by atoms with E-state index in [-0.39, 0.29) is 11.7 Å². The largest absolute Gasteiger partial charge is 0.461 e. The summed E-state index contributed by atoms with van der Waals surface area (Å²) in [6.07, 6.45) is 3.85. The predicted molar refractivity (Wildman–Crippen MR) is 106 cm³/mol. The second-order valence-corrected chi connectivity index (χ2v) is 6.53. The highest BCUT2D eigenvalue weighted by atomic mass is 19.1. The molecule has 6 nitrogen and oxygen atoms in total. The highest BCUT2D eigenvalue weighted by Crippen LogP contribution is 2.25. The van der Waals surface area contributed by atoms with Crippen molar-refractivity contribution in [1.29, 1.82) is 0 Å². The Labute approximate surface area is 167 Å². The van der Waals surface area contributed by atoms with Gasteiger partial charge in [0.1, 0.15) is 30.0 Å². The van der Waals surface area contributed by atoms with Crippen LogP contribution >= 0.6 is 0 Å². The van der Waals surface area contributed by atoms with Gasteiger partial charge in [-0.3, -0.25) is 4.79 Å². The number of aryl methyl sites for hydroxylation is 1. The van der Waals surface area contributed by atoms with E-state index in [0.717, 1.165) is 11.3 Å². The lowest BCUT2D eigenvalue weighted by atomic mass is 10.1. The average molecular weight is 390 g/mol. The van der Waals surface area contributed by atoms with Crippen molar-refractivity contribution in [2.45, 2.75) is 19.4 Å². The van der Waals surface area contributed by atoms with E-state index in [4.69, 9.17) is 4.42 Å². The van der Waals surface area contributed by atoms with Crippen molar-refractivity contribution in [3.8, 4) is 17.0 Å². The number of rotatable bonds is 7. The Morgan fingerprint density at radius 3 is 2.66 bits per heavy atom. The standard InChI is InChI=1S/C22H19FN4O2/c23-20-4-2-1-3-19(20)21-11-9-18(29-21)10-12-22(28)25-13-16-5-7-17(8-6-16)27-15-24-14-26-27/h1-9,11,14-15H,10,12-13H2,(H,25,28). The maximum atomic E-state index is 13.8. The van der Waals surface area contributed by atoms with Crippen molar-refractivity contribution in [2.24, 2.45) is 0 Å². The average Bonchev–Trinajstić information content (AvgIpc) is 3.44. The van der Waals surface area contributed by atoms with Crippen molar-refractivity contribution < 1.29 is 13.6 Å². The van der Waals surface area contributed by atoms with E-state index >= 15 is 0 Å². The van der Waals surface area contributed by atoms with Crippen molar-refractivity contribution in [2.75, 3.05) is 0 Å². The molecule has 0 aliphatic rings. The van der Waals surface area contributed by atoms with E-state index in [0.29, 0.717) is 36.5 Å². The molecule has 4 aromatic rings. The molecule has 2 aromatic carbocycles.